The molecule has 92 valence electrons. The Morgan fingerprint density at radius 3 is 3.05 bits per heavy atom. The molecule has 2 heterocycles. The van der Waals surface area contributed by atoms with Crippen LogP contribution >= 0.6 is 22.9 Å². The van der Waals surface area contributed by atoms with E-state index in [1.54, 1.807) is 12.1 Å². The van der Waals surface area contributed by atoms with Gasteiger partial charge in [0.1, 0.15) is 6.07 Å². The summed E-state index contributed by atoms with van der Waals surface area (Å²) in [7, 11) is 0. The van der Waals surface area contributed by atoms with E-state index in [0.717, 1.165) is 10.2 Å². The SMILES string of the molecule is N#Cc1ccnnc1Nc1nc2ccc(Cl)cc2s1. The van der Waals surface area contributed by atoms with Crippen LogP contribution in [-0.2, 0) is 0 Å². The van der Waals surface area contributed by atoms with Crippen LogP contribution in [0.4, 0.5) is 10.9 Å². The lowest BCUT2D eigenvalue weighted by molar-refractivity contribution is 1.03. The van der Waals surface area contributed by atoms with Gasteiger partial charge in [-0.1, -0.05) is 22.9 Å². The van der Waals surface area contributed by atoms with Gasteiger partial charge in [-0.05, 0) is 24.3 Å². The number of benzene rings is 1. The minimum Gasteiger partial charge on any atom is -0.314 e. The third-order valence-corrected chi connectivity index (χ3v) is 3.59. The Morgan fingerprint density at radius 2 is 2.21 bits per heavy atom. The lowest BCUT2D eigenvalue weighted by Crippen LogP contribution is -1.97. The summed E-state index contributed by atoms with van der Waals surface area (Å²) in [4.78, 5) is 4.40. The van der Waals surface area contributed by atoms with E-state index >= 15 is 0 Å². The fourth-order valence-corrected chi connectivity index (χ4v) is 2.71. The largest absolute Gasteiger partial charge is 0.314 e. The average Bonchev–Trinajstić information content (AvgIpc) is 2.80. The molecule has 1 aromatic carbocycles. The van der Waals surface area contributed by atoms with Gasteiger partial charge in [-0.2, -0.15) is 10.4 Å². The molecule has 0 amide bonds. The summed E-state index contributed by atoms with van der Waals surface area (Å²) in [5, 5.41) is 20.9. The molecule has 0 unspecified atom stereocenters. The van der Waals surface area contributed by atoms with Gasteiger partial charge in [-0.3, -0.25) is 0 Å². The third kappa shape index (κ3) is 2.34. The van der Waals surface area contributed by atoms with Gasteiger partial charge in [-0.25, -0.2) is 4.98 Å². The van der Waals surface area contributed by atoms with Crippen molar-refractivity contribution in [1.29, 1.82) is 5.26 Å². The number of anilines is 2. The maximum atomic E-state index is 8.98. The zero-order valence-corrected chi connectivity index (χ0v) is 11.0. The summed E-state index contributed by atoms with van der Waals surface area (Å²) in [6.45, 7) is 0. The van der Waals surface area contributed by atoms with Crippen molar-refractivity contribution < 1.29 is 0 Å². The van der Waals surface area contributed by atoms with Crippen molar-refractivity contribution in [3.63, 3.8) is 0 Å². The molecule has 0 atom stereocenters. The summed E-state index contributed by atoms with van der Waals surface area (Å²) in [5.41, 5.74) is 1.27. The molecule has 0 spiro atoms. The highest BCUT2D eigenvalue weighted by atomic mass is 35.5. The topological polar surface area (TPSA) is 74.5 Å². The van der Waals surface area contributed by atoms with Crippen molar-refractivity contribution in [3.8, 4) is 6.07 Å². The summed E-state index contributed by atoms with van der Waals surface area (Å²) in [5.74, 6) is 0.398. The Kier molecular flexibility index (Phi) is 2.99. The van der Waals surface area contributed by atoms with Crippen LogP contribution in [0.15, 0.2) is 30.5 Å². The van der Waals surface area contributed by atoms with Gasteiger partial charge in [0.2, 0.25) is 0 Å². The zero-order valence-electron chi connectivity index (χ0n) is 9.46. The number of thiazole rings is 1. The normalized spacial score (nSPS) is 10.3. The fraction of sp³-hybridized carbons (Fsp3) is 0. The summed E-state index contributed by atoms with van der Waals surface area (Å²) < 4.78 is 0.970. The highest BCUT2D eigenvalue weighted by Gasteiger charge is 2.08. The van der Waals surface area contributed by atoms with Gasteiger partial charge in [0, 0.05) is 5.02 Å². The third-order valence-electron chi connectivity index (χ3n) is 2.42. The van der Waals surface area contributed by atoms with Gasteiger partial charge in [0.05, 0.1) is 22.0 Å². The molecule has 1 N–H and O–H groups in total. The lowest BCUT2D eigenvalue weighted by atomic mass is 10.3. The van der Waals surface area contributed by atoms with E-state index in [-0.39, 0.29) is 0 Å². The smallest absolute Gasteiger partial charge is 0.189 e. The first-order chi connectivity index (χ1) is 9.26. The molecule has 2 aromatic heterocycles. The van der Waals surface area contributed by atoms with Crippen LogP contribution in [0.5, 0.6) is 0 Å². The number of hydrogen-bond acceptors (Lipinski definition) is 6. The van der Waals surface area contributed by atoms with Gasteiger partial charge < -0.3 is 5.32 Å². The van der Waals surface area contributed by atoms with Crippen LogP contribution in [0.2, 0.25) is 5.02 Å². The summed E-state index contributed by atoms with van der Waals surface area (Å²) in [6, 6.07) is 9.13. The molecule has 5 nitrogen and oxygen atoms in total. The highest BCUT2D eigenvalue weighted by molar-refractivity contribution is 7.22. The molecule has 3 rings (SSSR count). The van der Waals surface area contributed by atoms with E-state index < -0.39 is 0 Å². The van der Waals surface area contributed by atoms with Crippen molar-refractivity contribution in [3.05, 3.63) is 41.0 Å². The fourth-order valence-electron chi connectivity index (χ4n) is 1.57. The second kappa shape index (κ2) is 4.80. The number of halogens is 1. The molecular formula is C12H6ClN5S. The van der Waals surface area contributed by atoms with Crippen LogP contribution < -0.4 is 5.32 Å². The Balaban J connectivity index is 1.99. The van der Waals surface area contributed by atoms with E-state index in [1.807, 2.05) is 18.2 Å². The van der Waals surface area contributed by atoms with Crippen molar-refractivity contribution in [2.75, 3.05) is 5.32 Å². The van der Waals surface area contributed by atoms with Gasteiger partial charge in [0.15, 0.2) is 10.9 Å². The molecule has 0 aliphatic rings. The van der Waals surface area contributed by atoms with Gasteiger partial charge >= 0.3 is 0 Å². The van der Waals surface area contributed by atoms with E-state index in [1.165, 1.54) is 17.5 Å². The zero-order chi connectivity index (χ0) is 13.2. The van der Waals surface area contributed by atoms with Crippen molar-refractivity contribution in [2.45, 2.75) is 0 Å². The van der Waals surface area contributed by atoms with Crippen molar-refractivity contribution >= 4 is 44.1 Å². The Hall–Kier alpha value is -2.23. The quantitative estimate of drug-likeness (QED) is 0.782. The predicted octanol–water partition coefficient (Wildman–Crippen LogP) is 3.35. The molecule has 0 saturated heterocycles. The van der Waals surface area contributed by atoms with Gasteiger partial charge in [-0.15, -0.1) is 5.10 Å². The number of fused-ring (bicyclic) bond motifs is 1. The van der Waals surface area contributed by atoms with Crippen LogP contribution in [0.3, 0.4) is 0 Å². The van der Waals surface area contributed by atoms with Crippen molar-refractivity contribution in [1.82, 2.24) is 15.2 Å². The monoisotopic (exact) mass is 287 g/mol. The van der Waals surface area contributed by atoms with Crippen molar-refractivity contribution in [2.24, 2.45) is 0 Å². The van der Waals surface area contributed by atoms with Crippen LogP contribution in [0.1, 0.15) is 5.56 Å². The number of nitrogens with one attached hydrogen (secondary N) is 1. The second-order valence-corrected chi connectivity index (χ2v) is 5.13. The molecule has 0 radical (unpaired) electrons. The molecular weight excluding hydrogens is 282 g/mol. The Labute approximate surface area is 117 Å². The minimum atomic E-state index is 0.398. The molecule has 0 aliphatic heterocycles. The summed E-state index contributed by atoms with van der Waals surface area (Å²) in [6.07, 6.45) is 1.47. The van der Waals surface area contributed by atoms with Crippen LogP contribution in [-0.4, -0.2) is 15.2 Å². The molecule has 0 aliphatic carbocycles. The molecule has 19 heavy (non-hydrogen) atoms. The predicted molar refractivity (Wildman–Crippen MR) is 74.7 cm³/mol. The number of hydrogen-bond donors (Lipinski definition) is 1. The first kappa shape index (κ1) is 11.8. The van der Waals surface area contributed by atoms with E-state index in [4.69, 9.17) is 16.9 Å². The number of aromatic nitrogens is 3. The summed E-state index contributed by atoms with van der Waals surface area (Å²) >= 11 is 7.37. The molecule has 0 fully saturated rings. The standard InChI is InChI=1S/C12H6ClN5S/c13-8-1-2-9-10(5-8)19-12(16-9)17-11-7(6-14)3-4-15-18-11/h1-5H,(H,16,17,18). The van der Waals surface area contributed by atoms with E-state index in [0.29, 0.717) is 21.5 Å². The highest BCUT2D eigenvalue weighted by Crippen LogP contribution is 2.30. The second-order valence-electron chi connectivity index (χ2n) is 3.66. The minimum absolute atomic E-state index is 0.398. The Morgan fingerprint density at radius 1 is 1.32 bits per heavy atom. The Bertz CT molecular complexity index is 792. The van der Waals surface area contributed by atoms with Crippen LogP contribution in [0.25, 0.3) is 10.2 Å². The number of nitriles is 1. The first-order valence-corrected chi connectivity index (χ1v) is 6.50. The molecule has 0 saturated carbocycles. The molecule has 0 bridgehead atoms. The number of rotatable bonds is 2. The van der Waals surface area contributed by atoms with Crippen LogP contribution in [0, 0.1) is 11.3 Å². The maximum Gasteiger partial charge on any atom is 0.189 e. The van der Waals surface area contributed by atoms with Gasteiger partial charge in [0.25, 0.3) is 0 Å². The lowest BCUT2D eigenvalue weighted by Gasteiger charge is -2.00. The molecule has 3 aromatic rings. The average molecular weight is 288 g/mol. The van der Waals surface area contributed by atoms with E-state index in [9.17, 15) is 0 Å². The van der Waals surface area contributed by atoms with E-state index in [2.05, 4.69) is 20.5 Å². The first-order valence-electron chi connectivity index (χ1n) is 5.31. The molecule has 7 heteroatoms. The maximum absolute atomic E-state index is 8.98. The number of nitrogens with zero attached hydrogens (tertiary/aromatic N) is 4.